The summed E-state index contributed by atoms with van der Waals surface area (Å²) in [5.41, 5.74) is 0.419. The van der Waals surface area contributed by atoms with Gasteiger partial charge in [0.05, 0.1) is 21.7 Å². The van der Waals surface area contributed by atoms with Crippen molar-refractivity contribution in [3.8, 4) is 0 Å². The monoisotopic (exact) mass is 391 g/mol. The van der Waals surface area contributed by atoms with Gasteiger partial charge in [-0.2, -0.15) is 0 Å². The zero-order chi connectivity index (χ0) is 18.7. The van der Waals surface area contributed by atoms with E-state index in [1.807, 2.05) is 0 Å². The van der Waals surface area contributed by atoms with Crippen molar-refractivity contribution in [3.63, 3.8) is 0 Å². The second kappa shape index (κ2) is 7.68. The van der Waals surface area contributed by atoms with Gasteiger partial charge in [0, 0.05) is 18.5 Å². The van der Waals surface area contributed by atoms with Gasteiger partial charge in [0.25, 0.3) is 5.91 Å². The minimum Gasteiger partial charge on any atom is -0.339 e. The number of aromatic amines is 1. The number of benzene rings is 1. The molecule has 0 saturated heterocycles. The molecule has 8 heteroatoms. The first-order valence-electron chi connectivity index (χ1n) is 7.50. The first-order chi connectivity index (χ1) is 12.5. The quantitative estimate of drug-likeness (QED) is 0.711. The van der Waals surface area contributed by atoms with Gasteiger partial charge in [-0.1, -0.05) is 29.3 Å². The van der Waals surface area contributed by atoms with Crippen molar-refractivity contribution in [2.24, 2.45) is 0 Å². The highest BCUT2D eigenvalue weighted by Gasteiger charge is 2.23. The lowest BCUT2D eigenvalue weighted by molar-refractivity contribution is 0.0941. The third-order valence-corrected chi connectivity index (χ3v) is 4.40. The first-order valence-corrected chi connectivity index (χ1v) is 8.26. The molecule has 0 radical (unpaired) electrons. The molecule has 3 aromatic rings. The molecule has 1 amide bonds. The average Bonchev–Trinajstić information content (AvgIpc) is 2.63. The van der Waals surface area contributed by atoms with E-state index in [0.717, 1.165) is 0 Å². The standard InChI is InChI=1S/C18H12Cl2FN3O2/c19-12-5-3-10(8-13(12)20)16(17-14(21)2-1-7-22-17)24-18(26)11-4-6-15(25)23-9-11/h1-9,16H,(H,23,25)(H,24,26). The maximum absolute atomic E-state index is 14.3. The van der Waals surface area contributed by atoms with Gasteiger partial charge in [-0.05, 0) is 35.9 Å². The van der Waals surface area contributed by atoms with Crippen LogP contribution in [0, 0.1) is 5.82 Å². The van der Waals surface area contributed by atoms with Crippen LogP contribution < -0.4 is 10.9 Å². The van der Waals surface area contributed by atoms with Crippen LogP contribution in [-0.4, -0.2) is 15.9 Å². The van der Waals surface area contributed by atoms with Gasteiger partial charge in [0.1, 0.15) is 11.5 Å². The molecule has 0 aliphatic heterocycles. The molecule has 3 rings (SSSR count). The molecule has 132 valence electrons. The lowest BCUT2D eigenvalue weighted by Gasteiger charge is -2.20. The summed E-state index contributed by atoms with van der Waals surface area (Å²) in [6.45, 7) is 0. The van der Waals surface area contributed by atoms with Crippen molar-refractivity contribution >= 4 is 29.1 Å². The minimum atomic E-state index is -0.898. The number of hydrogen-bond acceptors (Lipinski definition) is 3. The van der Waals surface area contributed by atoms with E-state index in [9.17, 15) is 14.0 Å². The van der Waals surface area contributed by atoms with Gasteiger partial charge >= 0.3 is 0 Å². The topological polar surface area (TPSA) is 74.8 Å². The summed E-state index contributed by atoms with van der Waals surface area (Å²) in [7, 11) is 0. The number of carbonyl (C=O) groups is 1. The Morgan fingerprint density at radius 2 is 1.96 bits per heavy atom. The fraction of sp³-hybridized carbons (Fsp3) is 0.0556. The molecule has 0 fully saturated rings. The van der Waals surface area contributed by atoms with E-state index in [-0.39, 0.29) is 21.8 Å². The van der Waals surface area contributed by atoms with Crippen molar-refractivity contribution < 1.29 is 9.18 Å². The Balaban J connectivity index is 2.01. The Hall–Kier alpha value is -2.70. The Bertz CT molecular complexity index is 1000. The number of H-pyrrole nitrogens is 1. The van der Waals surface area contributed by atoms with Crippen LogP contribution in [0.2, 0.25) is 10.0 Å². The number of hydrogen-bond donors (Lipinski definition) is 2. The molecule has 1 unspecified atom stereocenters. The largest absolute Gasteiger partial charge is 0.339 e. The van der Waals surface area contributed by atoms with Crippen molar-refractivity contribution in [2.75, 3.05) is 0 Å². The maximum Gasteiger partial charge on any atom is 0.253 e. The molecule has 2 N–H and O–H groups in total. The Morgan fingerprint density at radius 3 is 2.62 bits per heavy atom. The highest BCUT2D eigenvalue weighted by Crippen LogP contribution is 2.29. The molecule has 0 saturated carbocycles. The number of amides is 1. The zero-order valence-corrected chi connectivity index (χ0v) is 14.7. The fourth-order valence-electron chi connectivity index (χ4n) is 2.38. The normalized spacial score (nSPS) is 11.8. The molecule has 5 nitrogen and oxygen atoms in total. The average molecular weight is 392 g/mol. The number of pyridine rings is 2. The van der Waals surface area contributed by atoms with E-state index in [1.165, 1.54) is 42.7 Å². The molecule has 26 heavy (non-hydrogen) atoms. The summed E-state index contributed by atoms with van der Waals surface area (Å²) >= 11 is 12.0. The van der Waals surface area contributed by atoms with Gasteiger partial charge in [0.15, 0.2) is 0 Å². The van der Waals surface area contributed by atoms with Gasteiger partial charge in [-0.15, -0.1) is 0 Å². The Morgan fingerprint density at radius 1 is 1.15 bits per heavy atom. The number of carbonyl (C=O) groups excluding carboxylic acids is 1. The molecule has 1 aromatic carbocycles. The number of nitrogens with one attached hydrogen (secondary N) is 2. The summed E-state index contributed by atoms with van der Waals surface area (Å²) in [6, 6.07) is 9.12. The maximum atomic E-state index is 14.3. The van der Waals surface area contributed by atoms with Crippen LogP contribution in [0.3, 0.4) is 0 Å². The van der Waals surface area contributed by atoms with Crippen LogP contribution >= 0.6 is 23.2 Å². The van der Waals surface area contributed by atoms with Crippen LogP contribution in [0.5, 0.6) is 0 Å². The molecule has 0 aliphatic rings. The van der Waals surface area contributed by atoms with Gasteiger partial charge in [0.2, 0.25) is 5.56 Å². The number of aromatic nitrogens is 2. The molecule has 0 spiro atoms. The van der Waals surface area contributed by atoms with Crippen molar-refractivity contribution in [2.45, 2.75) is 6.04 Å². The Kier molecular flexibility index (Phi) is 5.35. The third-order valence-electron chi connectivity index (χ3n) is 3.66. The predicted octanol–water partition coefficient (Wildman–Crippen LogP) is 3.74. The highest BCUT2D eigenvalue weighted by molar-refractivity contribution is 6.42. The van der Waals surface area contributed by atoms with Crippen molar-refractivity contribution in [3.05, 3.63) is 97.9 Å². The minimum absolute atomic E-state index is 0.0312. The molecule has 2 aromatic heterocycles. The van der Waals surface area contributed by atoms with Gasteiger partial charge < -0.3 is 10.3 Å². The fourth-order valence-corrected chi connectivity index (χ4v) is 2.68. The predicted molar refractivity (Wildman–Crippen MR) is 97.0 cm³/mol. The highest BCUT2D eigenvalue weighted by atomic mass is 35.5. The van der Waals surface area contributed by atoms with Crippen LogP contribution in [-0.2, 0) is 0 Å². The van der Waals surface area contributed by atoms with Crippen LogP contribution in [0.4, 0.5) is 4.39 Å². The van der Waals surface area contributed by atoms with E-state index in [0.29, 0.717) is 10.6 Å². The molecular formula is C18H12Cl2FN3O2. The van der Waals surface area contributed by atoms with E-state index in [4.69, 9.17) is 23.2 Å². The summed E-state index contributed by atoms with van der Waals surface area (Å²) in [4.78, 5) is 30.1. The van der Waals surface area contributed by atoms with Gasteiger partial charge in [-0.3, -0.25) is 14.6 Å². The molecule has 0 bridgehead atoms. The Labute approximate surface area is 157 Å². The van der Waals surface area contributed by atoms with Gasteiger partial charge in [-0.25, -0.2) is 4.39 Å². The van der Waals surface area contributed by atoms with E-state index < -0.39 is 17.8 Å². The lowest BCUT2D eigenvalue weighted by Crippen LogP contribution is -2.31. The number of rotatable bonds is 4. The second-order valence-electron chi connectivity index (χ2n) is 5.39. The number of nitrogens with zero attached hydrogens (tertiary/aromatic N) is 1. The van der Waals surface area contributed by atoms with Crippen LogP contribution in [0.25, 0.3) is 0 Å². The molecule has 2 heterocycles. The second-order valence-corrected chi connectivity index (χ2v) is 6.21. The molecular weight excluding hydrogens is 380 g/mol. The number of halogens is 3. The zero-order valence-electron chi connectivity index (χ0n) is 13.2. The molecule has 0 aliphatic carbocycles. The summed E-state index contributed by atoms with van der Waals surface area (Å²) < 4.78 is 14.3. The summed E-state index contributed by atoms with van der Waals surface area (Å²) in [5, 5.41) is 3.31. The molecule has 1 atom stereocenters. The van der Waals surface area contributed by atoms with Crippen LogP contribution in [0.1, 0.15) is 27.7 Å². The van der Waals surface area contributed by atoms with E-state index in [1.54, 1.807) is 12.1 Å². The lowest BCUT2D eigenvalue weighted by atomic mass is 10.0. The summed E-state index contributed by atoms with van der Waals surface area (Å²) in [5.74, 6) is -1.09. The SMILES string of the molecule is O=C(NC(c1ccc(Cl)c(Cl)c1)c1ncccc1F)c1ccc(=O)[nH]c1. The van der Waals surface area contributed by atoms with E-state index >= 15 is 0 Å². The summed E-state index contributed by atoms with van der Waals surface area (Å²) in [6.07, 6.45) is 2.70. The van der Waals surface area contributed by atoms with Crippen LogP contribution in [0.15, 0.2) is 59.7 Å². The van der Waals surface area contributed by atoms with E-state index in [2.05, 4.69) is 15.3 Å². The van der Waals surface area contributed by atoms with Crippen molar-refractivity contribution in [1.29, 1.82) is 0 Å². The third kappa shape index (κ3) is 3.92. The first kappa shape index (κ1) is 18.1. The smallest absolute Gasteiger partial charge is 0.253 e. The van der Waals surface area contributed by atoms with Crippen molar-refractivity contribution in [1.82, 2.24) is 15.3 Å².